The zero-order valence-electron chi connectivity index (χ0n) is 10.2. The Morgan fingerprint density at radius 2 is 2.13 bits per heavy atom. The average molecular weight is 210 g/mol. The van der Waals surface area contributed by atoms with Crippen LogP contribution in [-0.2, 0) is 13.1 Å². The second kappa shape index (κ2) is 5.28. The van der Waals surface area contributed by atoms with Crippen LogP contribution in [0.2, 0.25) is 0 Å². The van der Waals surface area contributed by atoms with Gasteiger partial charge in [0.1, 0.15) is 0 Å². The summed E-state index contributed by atoms with van der Waals surface area (Å²) in [5, 5.41) is 4.39. The van der Waals surface area contributed by atoms with Crippen LogP contribution in [0.15, 0.2) is 6.20 Å². The molecule has 0 amide bonds. The number of hydrogen-bond donors (Lipinski definition) is 1. The summed E-state index contributed by atoms with van der Waals surface area (Å²) >= 11 is 0. The van der Waals surface area contributed by atoms with E-state index in [0.29, 0.717) is 12.5 Å². The van der Waals surface area contributed by atoms with Gasteiger partial charge in [-0.25, -0.2) is 0 Å². The van der Waals surface area contributed by atoms with Gasteiger partial charge in [-0.3, -0.25) is 4.68 Å². The molecular formula is C11H22N4. The molecule has 2 N–H and O–H groups in total. The third-order valence-electron chi connectivity index (χ3n) is 2.49. The lowest BCUT2D eigenvalue weighted by atomic mass is 10.1. The van der Waals surface area contributed by atoms with Crippen molar-refractivity contribution in [1.82, 2.24) is 14.7 Å². The first-order valence-corrected chi connectivity index (χ1v) is 5.45. The number of nitrogens with zero attached hydrogens (tertiary/aromatic N) is 3. The van der Waals surface area contributed by atoms with Crippen LogP contribution in [0.4, 0.5) is 0 Å². The molecule has 4 nitrogen and oxygen atoms in total. The van der Waals surface area contributed by atoms with Crippen molar-refractivity contribution < 1.29 is 0 Å². The van der Waals surface area contributed by atoms with Crippen LogP contribution in [-0.4, -0.2) is 35.3 Å². The highest BCUT2D eigenvalue weighted by Crippen LogP contribution is 2.18. The minimum Gasteiger partial charge on any atom is -0.326 e. The van der Waals surface area contributed by atoms with Crippen molar-refractivity contribution in [3.63, 3.8) is 0 Å². The van der Waals surface area contributed by atoms with Gasteiger partial charge in [-0.05, 0) is 20.0 Å². The maximum atomic E-state index is 5.69. The molecule has 1 aromatic heterocycles. The van der Waals surface area contributed by atoms with Gasteiger partial charge in [0, 0.05) is 24.3 Å². The molecule has 0 bridgehead atoms. The van der Waals surface area contributed by atoms with E-state index in [1.165, 1.54) is 11.3 Å². The predicted octanol–water partition coefficient (Wildman–Crippen LogP) is 1.03. The van der Waals surface area contributed by atoms with Crippen LogP contribution >= 0.6 is 0 Å². The summed E-state index contributed by atoms with van der Waals surface area (Å²) in [5.41, 5.74) is 8.14. The van der Waals surface area contributed by atoms with E-state index < -0.39 is 0 Å². The van der Waals surface area contributed by atoms with E-state index in [9.17, 15) is 0 Å². The Bertz CT molecular complexity index is 302. The molecule has 0 fully saturated rings. The fourth-order valence-corrected chi connectivity index (χ4v) is 1.73. The van der Waals surface area contributed by atoms with Crippen molar-refractivity contribution in [2.45, 2.75) is 32.9 Å². The van der Waals surface area contributed by atoms with Crippen molar-refractivity contribution >= 4 is 0 Å². The highest BCUT2D eigenvalue weighted by Gasteiger charge is 2.12. The number of aromatic nitrogens is 2. The molecule has 0 saturated heterocycles. The van der Waals surface area contributed by atoms with Gasteiger partial charge in [-0.15, -0.1) is 0 Å². The smallest absolute Gasteiger partial charge is 0.0539 e. The first kappa shape index (κ1) is 12.2. The second-order valence-corrected chi connectivity index (χ2v) is 4.44. The third-order valence-corrected chi connectivity index (χ3v) is 2.49. The normalized spacial score (nSPS) is 11.7. The van der Waals surface area contributed by atoms with Crippen molar-refractivity contribution in [3.05, 3.63) is 17.5 Å². The van der Waals surface area contributed by atoms with Gasteiger partial charge in [0.15, 0.2) is 0 Å². The molecule has 15 heavy (non-hydrogen) atoms. The standard InChI is InChI=1S/C11H22N4/c1-9(2)11-10(7-12)8-13-15(11)6-5-14(3)4/h8-9H,5-7,12H2,1-4H3. The molecule has 0 aromatic carbocycles. The van der Waals surface area contributed by atoms with Crippen LogP contribution in [0.3, 0.4) is 0 Å². The maximum absolute atomic E-state index is 5.69. The van der Waals surface area contributed by atoms with Gasteiger partial charge in [0.05, 0.1) is 12.7 Å². The molecule has 4 heteroatoms. The minimum atomic E-state index is 0.480. The van der Waals surface area contributed by atoms with Crippen molar-refractivity contribution in [3.8, 4) is 0 Å². The molecule has 0 aliphatic heterocycles. The largest absolute Gasteiger partial charge is 0.326 e. The summed E-state index contributed by atoms with van der Waals surface area (Å²) in [6.45, 7) is 6.88. The summed E-state index contributed by atoms with van der Waals surface area (Å²) < 4.78 is 2.08. The molecular weight excluding hydrogens is 188 g/mol. The third kappa shape index (κ3) is 3.04. The highest BCUT2D eigenvalue weighted by molar-refractivity contribution is 5.20. The summed E-state index contributed by atoms with van der Waals surface area (Å²) in [6.07, 6.45) is 1.89. The van der Waals surface area contributed by atoms with Gasteiger partial charge in [0.25, 0.3) is 0 Å². The molecule has 1 aromatic rings. The molecule has 1 rings (SSSR count). The zero-order chi connectivity index (χ0) is 11.4. The van der Waals surface area contributed by atoms with Gasteiger partial charge in [-0.1, -0.05) is 13.8 Å². The Morgan fingerprint density at radius 3 is 2.60 bits per heavy atom. The lowest BCUT2D eigenvalue weighted by Crippen LogP contribution is -2.20. The minimum absolute atomic E-state index is 0.480. The van der Waals surface area contributed by atoms with E-state index in [2.05, 4.69) is 42.6 Å². The SMILES string of the molecule is CC(C)c1c(CN)cnn1CCN(C)C. The Morgan fingerprint density at radius 1 is 1.47 bits per heavy atom. The first-order chi connectivity index (χ1) is 7.06. The van der Waals surface area contributed by atoms with E-state index in [1.54, 1.807) is 0 Å². The average Bonchev–Trinajstić information content (AvgIpc) is 2.57. The van der Waals surface area contributed by atoms with E-state index in [-0.39, 0.29) is 0 Å². The second-order valence-electron chi connectivity index (χ2n) is 4.44. The number of rotatable bonds is 5. The number of nitrogens with two attached hydrogens (primary N) is 1. The summed E-state index contributed by atoms with van der Waals surface area (Å²) in [4.78, 5) is 2.16. The van der Waals surface area contributed by atoms with Gasteiger partial charge in [0.2, 0.25) is 0 Å². The monoisotopic (exact) mass is 210 g/mol. The topological polar surface area (TPSA) is 47.1 Å². The Hall–Kier alpha value is -0.870. The van der Waals surface area contributed by atoms with Gasteiger partial charge >= 0.3 is 0 Å². The lowest BCUT2D eigenvalue weighted by molar-refractivity contribution is 0.367. The lowest BCUT2D eigenvalue weighted by Gasteiger charge is -2.14. The molecule has 1 heterocycles. The van der Waals surface area contributed by atoms with E-state index in [4.69, 9.17) is 5.73 Å². The molecule has 0 aliphatic carbocycles. The molecule has 0 radical (unpaired) electrons. The molecule has 0 saturated carbocycles. The van der Waals surface area contributed by atoms with Crippen LogP contribution in [0.5, 0.6) is 0 Å². The van der Waals surface area contributed by atoms with Crippen molar-refractivity contribution in [1.29, 1.82) is 0 Å². The van der Waals surface area contributed by atoms with E-state index in [0.717, 1.165) is 13.1 Å². The van der Waals surface area contributed by atoms with E-state index in [1.807, 2.05) is 6.20 Å². The molecule has 0 atom stereocenters. The molecule has 0 aliphatic rings. The van der Waals surface area contributed by atoms with Crippen molar-refractivity contribution in [2.24, 2.45) is 5.73 Å². The van der Waals surface area contributed by atoms with Crippen LogP contribution in [0.1, 0.15) is 31.0 Å². The highest BCUT2D eigenvalue weighted by atomic mass is 15.3. The number of hydrogen-bond acceptors (Lipinski definition) is 3. The number of likely N-dealkylation sites (N-methyl/N-ethyl adjacent to an activating group) is 1. The van der Waals surface area contributed by atoms with Gasteiger partial charge in [-0.2, -0.15) is 5.10 Å². The van der Waals surface area contributed by atoms with Crippen LogP contribution in [0, 0.1) is 0 Å². The van der Waals surface area contributed by atoms with E-state index >= 15 is 0 Å². The maximum Gasteiger partial charge on any atom is 0.0539 e. The van der Waals surface area contributed by atoms with Crippen LogP contribution < -0.4 is 5.73 Å². The zero-order valence-corrected chi connectivity index (χ0v) is 10.2. The Labute approximate surface area is 92.1 Å². The summed E-state index contributed by atoms with van der Waals surface area (Å²) in [7, 11) is 4.14. The fraction of sp³-hybridized carbons (Fsp3) is 0.727. The molecule has 86 valence electrons. The van der Waals surface area contributed by atoms with Crippen molar-refractivity contribution in [2.75, 3.05) is 20.6 Å². The summed E-state index contributed by atoms with van der Waals surface area (Å²) in [5.74, 6) is 0.480. The van der Waals surface area contributed by atoms with Crippen LogP contribution in [0.25, 0.3) is 0 Å². The fourth-order valence-electron chi connectivity index (χ4n) is 1.73. The Balaban J connectivity index is 2.82. The van der Waals surface area contributed by atoms with Gasteiger partial charge < -0.3 is 10.6 Å². The summed E-state index contributed by atoms with van der Waals surface area (Å²) in [6, 6.07) is 0. The Kier molecular flexibility index (Phi) is 4.29. The molecule has 0 spiro atoms. The molecule has 0 unspecified atom stereocenters. The predicted molar refractivity (Wildman–Crippen MR) is 62.8 cm³/mol. The first-order valence-electron chi connectivity index (χ1n) is 5.45. The quantitative estimate of drug-likeness (QED) is 0.789.